The van der Waals surface area contributed by atoms with Gasteiger partial charge in [-0.15, -0.1) is 0 Å². The third kappa shape index (κ3) is 8.30. The third-order valence-electron chi connectivity index (χ3n) is 24.1. The number of rotatable bonds is 8. The van der Waals surface area contributed by atoms with Crippen molar-refractivity contribution in [3.63, 3.8) is 0 Å². The minimum atomic E-state index is 1.02. The van der Waals surface area contributed by atoms with Crippen LogP contribution in [0.25, 0.3) is 0 Å². The molecule has 0 heteroatoms. The van der Waals surface area contributed by atoms with Gasteiger partial charge in [-0.2, -0.15) is 0 Å². The van der Waals surface area contributed by atoms with Crippen LogP contribution in [0.5, 0.6) is 0 Å². The van der Waals surface area contributed by atoms with Crippen molar-refractivity contribution >= 4 is 0 Å². The van der Waals surface area contributed by atoms with E-state index in [1.54, 1.807) is 225 Å². The molecule has 11 aliphatic rings. The lowest BCUT2D eigenvalue weighted by Crippen LogP contribution is -2.55. The van der Waals surface area contributed by atoms with Gasteiger partial charge in [-0.3, -0.25) is 0 Å². The lowest BCUT2D eigenvalue weighted by Gasteiger charge is -2.62. The number of hydrogen-bond donors (Lipinski definition) is 0. The van der Waals surface area contributed by atoms with Gasteiger partial charge in [0.15, 0.2) is 0 Å². The Morgan fingerprint density at radius 3 is 1.34 bits per heavy atom. The van der Waals surface area contributed by atoms with Crippen LogP contribution >= 0.6 is 0 Å². The Labute approximate surface area is 367 Å². The SMILES string of the molecule is CC1CCCC1CCCC1C2CCCCC2C(C2CCCCC2)C2CCC(C3CCC4C(C3)C(C3CCC5CCCCC5C3)C3CCCCC3C4C3CCCCC3)CC12. The molecule has 0 aromatic rings. The first-order chi connectivity index (χ1) is 29.2. The maximum absolute atomic E-state index is 2.62. The fraction of sp³-hybridized carbons (Fsp3) is 1.00. The summed E-state index contributed by atoms with van der Waals surface area (Å²) in [6.07, 6.45) is 59.6. The lowest BCUT2D eigenvalue weighted by molar-refractivity contribution is -0.137. The summed E-state index contributed by atoms with van der Waals surface area (Å²) in [7, 11) is 0. The zero-order chi connectivity index (χ0) is 39.3. The monoisotopic (exact) mass is 807 g/mol. The van der Waals surface area contributed by atoms with Crippen molar-refractivity contribution < 1.29 is 0 Å². The first-order valence-corrected chi connectivity index (χ1v) is 29.2. The van der Waals surface area contributed by atoms with Gasteiger partial charge >= 0.3 is 0 Å². The third-order valence-corrected chi connectivity index (χ3v) is 24.1. The van der Waals surface area contributed by atoms with Crippen molar-refractivity contribution in [3.05, 3.63) is 0 Å². The van der Waals surface area contributed by atoms with Gasteiger partial charge in [-0.05, 0) is 214 Å². The summed E-state index contributed by atoms with van der Waals surface area (Å²) in [4.78, 5) is 0. The molecular weight excluding hydrogens is 709 g/mol. The zero-order valence-electron chi connectivity index (χ0n) is 39.3. The molecule has 11 rings (SSSR count). The van der Waals surface area contributed by atoms with E-state index in [2.05, 4.69) is 6.92 Å². The van der Waals surface area contributed by atoms with Crippen LogP contribution in [0.3, 0.4) is 0 Å². The standard InChI is InChI=1S/C59H98/c1-39-16-14-23-40(39)24-15-29-49-48-25-10-11-26-50(48)57(42-18-4-2-5-19-42)53-34-32-45(37-55(49)53)46-33-35-54-56(38-46)59(47-31-30-41-17-8-9-22-44(41)36-47)52-28-13-12-27-51(52)58(54)43-20-6-3-7-21-43/h39-59H,2-38H2,1H3. The molecule has 334 valence electrons. The zero-order valence-corrected chi connectivity index (χ0v) is 39.3. The molecule has 0 saturated heterocycles. The molecule has 11 aliphatic carbocycles. The summed E-state index contributed by atoms with van der Waals surface area (Å²) < 4.78 is 0. The first kappa shape index (κ1) is 41.7. The highest BCUT2D eigenvalue weighted by molar-refractivity contribution is 5.08. The summed E-state index contributed by atoms with van der Waals surface area (Å²) in [5.41, 5.74) is 0. The normalized spacial score (nSPS) is 51.1. The Morgan fingerprint density at radius 2 is 0.712 bits per heavy atom. The van der Waals surface area contributed by atoms with Crippen LogP contribution in [-0.4, -0.2) is 0 Å². The van der Waals surface area contributed by atoms with E-state index in [-0.39, 0.29) is 0 Å². The van der Waals surface area contributed by atoms with Gasteiger partial charge in [0.25, 0.3) is 0 Å². The number of hydrogen-bond acceptors (Lipinski definition) is 0. The number of fused-ring (bicyclic) bond motifs is 5. The highest BCUT2D eigenvalue weighted by atomic mass is 14.6. The smallest absolute Gasteiger partial charge is 0.0323 e. The molecular formula is C59H98. The molecule has 0 spiro atoms. The fourth-order valence-corrected chi connectivity index (χ4v) is 22.0. The van der Waals surface area contributed by atoms with Gasteiger partial charge in [0.05, 0.1) is 0 Å². The second-order valence-electron chi connectivity index (χ2n) is 26.2. The molecule has 0 aromatic heterocycles. The quantitative estimate of drug-likeness (QED) is 0.229. The largest absolute Gasteiger partial charge is 0.0622 e. The summed E-state index contributed by atoms with van der Waals surface area (Å²) in [5.74, 6) is 23.3. The molecule has 0 radical (unpaired) electrons. The predicted molar refractivity (Wildman–Crippen MR) is 250 cm³/mol. The molecule has 19 atom stereocenters. The van der Waals surface area contributed by atoms with Crippen LogP contribution < -0.4 is 0 Å². The summed E-state index contributed by atoms with van der Waals surface area (Å²) in [6.45, 7) is 2.62. The molecule has 0 bridgehead atoms. The minimum absolute atomic E-state index is 1.02. The Kier molecular flexibility index (Phi) is 13.3. The van der Waals surface area contributed by atoms with Crippen molar-refractivity contribution in [3.8, 4) is 0 Å². The summed E-state index contributed by atoms with van der Waals surface area (Å²) in [6, 6.07) is 0. The second kappa shape index (κ2) is 18.8. The van der Waals surface area contributed by atoms with E-state index in [0.29, 0.717) is 0 Å². The Balaban J connectivity index is 0.872. The average molecular weight is 807 g/mol. The van der Waals surface area contributed by atoms with Gasteiger partial charge in [0.1, 0.15) is 0 Å². The Morgan fingerprint density at radius 1 is 0.271 bits per heavy atom. The van der Waals surface area contributed by atoms with Gasteiger partial charge < -0.3 is 0 Å². The van der Waals surface area contributed by atoms with Crippen molar-refractivity contribution in [1.82, 2.24) is 0 Å². The fourth-order valence-electron chi connectivity index (χ4n) is 22.0. The Bertz CT molecular complexity index is 1320. The first-order valence-electron chi connectivity index (χ1n) is 29.2. The van der Waals surface area contributed by atoms with Gasteiger partial charge in [0.2, 0.25) is 0 Å². The molecule has 0 amide bonds. The van der Waals surface area contributed by atoms with Gasteiger partial charge in [-0.25, -0.2) is 0 Å². The van der Waals surface area contributed by atoms with E-state index in [1.165, 1.54) is 12.8 Å². The maximum Gasteiger partial charge on any atom is -0.0323 e. The summed E-state index contributed by atoms with van der Waals surface area (Å²) in [5, 5.41) is 0. The highest BCUT2D eigenvalue weighted by Gasteiger charge is 2.58. The van der Waals surface area contributed by atoms with Crippen LogP contribution in [0.15, 0.2) is 0 Å². The minimum Gasteiger partial charge on any atom is -0.0622 e. The van der Waals surface area contributed by atoms with Gasteiger partial charge in [0, 0.05) is 0 Å². The van der Waals surface area contributed by atoms with E-state index in [4.69, 9.17) is 0 Å². The van der Waals surface area contributed by atoms with E-state index in [9.17, 15) is 0 Å². The molecule has 0 nitrogen and oxygen atoms in total. The van der Waals surface area contributed by atoms with E-state index >= 15 is 0 Å². The average Bonchev–Trinajstić information content (AvgIpc) is 3.71. The summed E-state index contributed by atoms with van der Waals surface area (Å²) >= 11 is 0. The van der Waals surface area contributed by atoms with Crippen molar-refractivity contribution in [1.29, 1.82) is 0 Å². The molecule has 11 fully saturated rings. The van der Waals surface area contributed by atoms with Crippen molar-refractivity contribution in [2.24, 2.45) is 124 Å². The van der Waals surface area contributed by atoms with Crippen LogP contribution in [0.2, 0.25) is 0 Å². The topological polar surface area (TPSA) is 0 Å². The Hall–Kier alpha value is 0. The van der Waals surface area contributed by atoms with E-state index in [1.807, 2.05) is 0 Å². The van der Waals surface area contributed by atoms with Crippen LogP contribution in [0.1, 0.15) is 244 Å². The highest BCUT2D eigenvalue weighted by Crippen LogP contribution is 2.66. The van der Waals surface area contributed by atoms with Gasteiger partial charge in [-0.1, -0.05) is 155 Å². The predicted octanol–water partition coefficient (Wildman–Crippen LogP) is 17.5. The second-order valence-corrected chi connectivity index (χ2v) is 26.2. The molecule has 0 aromatic carbocycles. The molecule has 11 saturated carbocycles. The molecule has 0 N–H and O–H groups in total. The van der Waals surface area contributed by atoms with E-state index in [0.717, 1.165) is 124 Å². The van der Waals surface area contributed by atoms with Crippen LogP contribution in [0, 0.1) is 124 Å². The lowest BCUT2D eigenvalue weighted by atomic mass is 9.42. The van der Waals surface area contributed by atoms with Crippen molar-refractivity contribution in [2.45, 2.75) is 244 Å². The van der Waals surface area contributed by atoms with Crippen LogP contribution in [-0.2, 0) is 0 Å². The van der Waals surface area contributed by atoms with E-state index < -0.39 is 0 Å². The molecule has 19 unspecified atom stereocenters. The maximum atomic E-state index is 2.62. The van der Waals surface area contributed by atoms with Crippen molar-refractivity contribution in [2.75, 3.05) is 0 Å². The van der Waals surface area contributed by atoms with Crippen LogP contribution in [0.4, 0.5) is 0 Å². The molecule has 59 heavy (non-hydrogen) atoms. The molecule has 0 aliphatic heterocycles. The molecule has 0 heterocycles.